The van der Waals surface area contributed by atoms with Gasteiger partial charge in [-0.3, -0.25) is 4.98 Å². The summed E-state index contributed by atoms with van der Waals surface area (Å²) in [5.41, 5.74) is 7.25. The standard InChI is InChI=1S/C11H14N4O/c1-3-15-11(10(12)8(2)14-15)16-9-5-4-6-13-7-9/h4-7H,3,12H2,1-2H3. The van der Waals surface area contributed by atoms with Crippen LogP contribution in [0, 0.1) is 6.92 Å². The molecule has 0 aliphatic rings. The lowest BCUT2D eigenvalue weighted by molar-refractivity contribution is 0.417. The van der Waals surface area contributed by atoms with Gasteiger partial charge in [0.1, 0.15) is 11.4 Å². The van der Waals surface area contributed by atoms with E-state index in [9.17, 15) is 0 Å². The van der Waals surface area contributed by atoms with Gasteiger partial charge in [-0.1, -0.05) is 0 Å². The largest absolute Gasteiger partial charge is 0.436 e. The summed E-state index contributed by atoms with van der Waals surface area (Å²) < 4.78 is 7.40. The fourth-order valence-electron chi connectivity index (χ4n) is 1.42. The number of hydrogen-bond donors (Lipinski definition) is 1. The highest BCUT2D eigenvalue weighted by atomic mass is 16.5. The van der Waals surface area contributed by atoms with E-state index in [1.807, 2.05) is 26.0 Å². The summed E-state index contributed by atoms with van der Waals surface area (Å²) >= 11 is 0. The maximum Gasteiger partial charge on any atom is 0.241 e. The molecule has 2 aromatic rings. The number of anilines is 1. The van der Waals surface area contributed by atoms with Gasteiger partial charge in [0.05, 0.1) is 11.9 Å². The zero-order chi connectivity index (χ0) is 11.5. The van der Waals surface area contributed by atoms with Crippen molar-refractivity contribution in [1.82, 2.24) is 14.8 Å². The molecule has 0 bridgehead atoms. The van der Waals surface area contributed by atoms with Crippen molar-refractivity contribution in [3.63, 3.8) is 0 Å². The highest BCUT2D eigenvalue weighted by Crippen LogP contribution is 2.29. The van der Waals surface area contributed by atoms with Crippen molar-refractivity contribution in [3.8, 4) is 11.6 Å². The normalized spacial score (nSPS) is 10.4. The Morgan fingerprint density at radius 2 is 2.31 bits per heavy atom. The maximum absolute atomic E-state index is 5.90. The SMILES string of the molecule is CCn1nc(C)c(N)c1Oc1cccnc1. The molecule has 2 rings (SSSR count). The molecule has 84 valence electrons. The lowest BCUT2D eigenvalue weighted by Crippen LogP contribution is -2.00. The van der Waals surface area contributed by atoms with E-state index in [1.165, 1.54) is 0 Å². The molecule has 0 saturated carbocycles. The molecule has 5 nitrogen and oxygen atoms in total. The number of ether oxygens (including phenoxy) is 1. The summed E-state index contributed by atoms with van der Waals surface area (Å²) in [5.74, 6) is 1.23. The first-order chi connectivity index (χ1) is 7.72. The number of pyridine rings is 1. The van der Waals surface area contributed by atoms with Crippen LogP contribution in [-0.4, -0.2) is 14.8 Å². The molecule has 0 fully saturated rings. The van der Waals surface area contributed by atoms with Gasteiger partial charge in [-0.15, -0.1) is 0 Å². The number of aromatic nitrogens is 3. The minimum atomic E-state index is 0.575. The molecule has 0 aliphatic heterocycles. The van der Waals surface area contributed by atoms with Crippen LogP contribution in [0.25, 0.3) is 0 Å². The average molecular weight is 218 g/mol. The lowest BCUT2D eigenvalue weighted by atomic mass is 10.4. The molecule has 0 unspecified atom stereocenters. The first kappa shape index (κ1) is 10.5. The summed E-state index contributed by atoms with van der Waals surface area (Å²) in [6, 6.07) is 3.64. The van der Waals surface area contributed by atoms with Crippen LogP contribution in [0.5, 0.6) is 11.6 Å². The number of nitrogen functional groups attached to an aromatic ring is 1. The van der Waals surface area contributed by atoms with Gasteiger partial charge in [-0.25, -0.2) is 4.68 Å². The summed E-state index contributed by atoms with van der Waals surface area (Å²) in [6.45, 7) is 4.56. The van der Waals surface area contributed by atoms with Crippen LogP contribution in [0.2, 0.25) is 0 Å². The number of aryl methyl sites for hydroxylation is 2. The number of hydrogen-bond acceptors (Lipinski definition) is 4. The van der Waals surface area contributed by atoms with Gasteiger partial charge in [-0.05, 0) is 26.0 Å². The van der Waals surface area contributed by atoms with Gasteiger partial charge < -0.3 is 10.5 Å². The quantitative estimate of drug-likeness (QED) is 0.855. The molecular formula is C11H14N4O. The van der Waals surface area contributed by atoms with Crippen molar-refractivity contribution in [2.24, 2.45) is 0 Å². The smallest absolute Gasteiger partial charge is 0.241 e. The fraction of sp³-hybridized carbons (Fsp3) is 0.273. The van der Waals surface area contributed by atoms with E-state index in [-0.39, 0.29) is 0 Å². The van der Waals surface area contributed by atoms with Gasteiger partial charge >= 0.3 is 0 Å². The van der Waals surface area contributed by atoms with Crippen LogP contribution in [-0.2, 0) is 6.54 Å². The predicted octanol–water partition coefficient (Wildman–Crippen LogP) is 1.98. The van der Waals surface area contributed by atoms with Crippen molar-refractivity contribution >= 4 is 5.69 Å². The van der Waals surface area contributed by atoms with Crippen LogP contribution < -0.4 is 10.5 Å². The Balaban J connectivity index is 2.34. The van der Waals surface area contributed by atoms with Crippen molar-refractivity contribution < 1.29 is 4.74 Å². The van der Waals surface area contributed by atoms with E-state index in [1.54, 1.807) is 17.1 Å². The summed E-state index contributed by atoms with van der Waals surface area (Å²) in [6.07, 6.45) is 3.33. The fourth-order valence-corrected chi connectivity index (χ4v) is 1.42. The van der Waals surface area contributed by atoms with Gasteiger partial charge in [0.25, 0.3) is 0 Å². The minimum Gasteiger partial charge on any atom is -0.436 e. The third-order valence-corrected chi connectivity index (χ3v) is 2.27. The van der Waals surface area contributed by atoms with E-state index < -0.39 is 0 Å². The van der Waals surface area contributed by atoms with E-state index in [2.05, 4.69) is 10.1 Å². The van der Waals surface area contributed by atoms with Gasteiger partial charge in [0.2, 0.25) is 5.88 Å². The molecule has 5 heteroatoms. The maximum atomic E-state index is 5.90. The molecule has 2 N–H and O–H groups in total. The average Bonchev–Trinajstić information content (AvgIpc) is 2.58. The molecule has 2 heterocycles. The topological polar surface area (TPSA) is 66.0 Å². The Morgan fingerprint density at radius 3 is 2.94 bits per heavy atom. The minimum absolute atomic E-state index is 0.575. The van der Waals surface area contributed by atoms with E-state index >= 15 is 0 Å². The van der Waals surface area contributed by atoms with Gasteiger partial charge in [0.15, 0.2) is 0 Å². The van der Waals surface area contributed by atoms with Crippen LogP contribution >= 0.6 is 0 Å². The second-order valence-corrected chi connectivity index (χ2v) is 3.41. The predicted molar refractivity (Wildman–Crippen MR) is 61.4 cm³/mol. The molecule has 0 amide bonds. The summed E-state index contributed by atoms with van der Waals surface area (Å²) in [5, 5.41) is 4.27. The van der Waals surface area contributed by atoms with E-state index in [0.29, 0.717) is 23.9 Å². The van der Waals surface area contributed by atoms with Crippen molar-refractivity contribution in [2.45, 2.75) is 20.4 Å². The monoisotopic (exact) mass is 218 g/mol. The zero-order valence-electron chi connectivity index (χ0n) is 9.34. The second-order valence-electron chi connectivity index (χ2n) is 3.41. The second kappa shape index (κ2) is 4.22. The first-order valence-corrected chi connectivity index (χ1v) is 5.13. The summed E-state index contributed by atoms with van der Waals surface area (Å²) in [4.78, 5) is 3.98. The Morgan fingerprint density at radius 1 is 1.50 bits per heavy atom. The Kier molecular flexibility index (Phi) is 2.76. The highest BCUT2D eigenvalue weighted by Gasteiger charge is 2.13. The molecule has 0 aromatic carbocycles. The third kappa shape index (κ3) is 1.84. The Hall–Kier alpha value is -2.04. The molecule has 0 atom stereocenters. The molecule has 16 heavy (non-hydrogen) atoms. The zero-order valence-corrected chi connectivity index (χ0v) is 9.34. The molecular weight excluding hydrogens is 204 g/mol. The first-order valence-electron chi connectivity index (χ1n) is 5.13. The Labute approximate surface area is 93.9 Å². The van der Waals surface area contributed by atoms with E-state index in [0.717, 1.165) is 5.69 Å². The number of nitrogens with two attached hydrogens (primary N) is 1. The van der Waals surface area contributed by atoms with Crippen LogP contribution in [0.15, 0.2) is 24.5 Å². The molecule has 0 radical (unpaired) electrons. The van der Waals surface area contributed by atoms with Gasteiger partial charge in [-0.2, -0.15) is 5.10 Å². The van der Waals surface area contributed by atoms with E-state index in [4.69, 9.17) is 10.5 Å². The summed E-state index contributed by atoms with van der Waals surface area (Å²) in [7, 11) is 0. The van der Waals surface area contributed by atoms with Crippen molar-refractivity contribution in [2.75, 3.05) is 5.73 Å². The van der Waals surface area contributed by atoms with Crippen molar-refractivity contribution in [3.05, 3.63) is 30.2 Å². The van der Waals surface area contributed by atoms with Crippen LogP contribution in [0.3, 0.4) is 0 Å². The van der Waals surface area contributed by atoms with Gasteiger partial charge in [0, 0.05) is 12.7 Å². The number of nitrogens with zero attached hydrogens (tertiary/aromatic N) is 3. The third-order valence-electron chi connectivity index (χ3n) is 2.27. The molecule has 0 aliphatic carbocycles. The molecule has 0 spiro atoms. The molecule has 0 saturated heterocycles. The molecule has 2 aromatic heterocycles. The van der Waals surface area contributed by atoms with Crippen LogP contribution in [0.4, 0.5) is 5.69 Å². The lowest BCUT2D eigenvalue weighted by Gasteiger charge is -2.07. The number of rotatable bonds is 3. The van der Waals surface area contributed by atoms with Crippen LogP contribution in [0.1, 0.15) is 12.6 Å². The van der Waals surface area contributed by atoms with Crippen molar-refractivity contribution in [1.29, 1.82) is 0 Å². The highest BCUT2D eigenvalue weighted by molar-refractivity contribution is 5.53. The Bertz CT molecular complexity index is 478.